The predicted octanol–water partition coefficient (Wildman–Crippen LogP) is 5.00. The first-order valence-electron chi connectivity index (χ1n) is 9.19. The number of carbonyl (C=O) groups excluding carboxylic acids is 1. The molecule has 29 heavy (non-hydrogen) atoms. The number of methoxy groups -OCH3 is 1. The molecule has 0 saturated carbocycles. The summed E-state index contributed by atoms with van der Waals surface area (Å²) >= 11 is 0. The van der Waals surface area contributed by atoms with E-state index in [0.29, 0.717) is 17.0 Å². The third-order valence-corrected chi connectivity index (χ3v) is 4.59. The van der Waals surface area contributed by atoms with E-state index in [1.54, 1.807) is 38.3 Å². The molecule has 6 heteroatoms. The molecule has 0 heterocycles. The minimum Gasteiger partial charge on any atom is -0.497 e. The zero-order chi connectivity index (χ0) is 20.8. The average molecular weight is 396 g/mol. The standard InChI is InChI=1S/C23H22F2N2O2/c1-15(17-11-12-20(24)21(25)13-17)26-22(16-7-4-3-5-8-16)23(28)27-18-9-6-10-19(14-18)29-2/h3-15,22,26H,1-2H3,(H,27,28). The predicted molar refractivity (Wildman–Crippen MR) is 109 cm³/mol. The molecule has 0 aliphatic carbocycles. The molecular weight excluding hydrogens is 374 g/mol. The van der Waals surface area contributed by atoms with Crippen molar-refractivity contribution in [2.45, 2.75) is 19.0 Å². The van der Waals surface area contributed by atoms with Crippen molar-refractivity contribution < 1.29 is 18.3 Å². The Kier molecular flexibility index (Phi) is 6.57. The number of ether oxygens (including phenoxy) is 1. The maximum atomic E-state index is 13.6. The molecule has 0 fully saturated rings. The van der Waals surface area contributed by atoms with Gasteiger partial charge in [-0.3, -0.25) is 10.1 Å². The van der Waals surface area contributed by atoms with Crippen LogP contribution in [0.4, 0.5) is 14.5 Å². The topological polar surface area (TPSA) is 50.4 Å². The van der Waals surface area contributed by atoms with Gasteiger partial charge in [-0.25, -0.2) is 8.78 Å². The normalized spacial score (nSPS) is 12.8. The summed E-state index contributed by atoms with van der Waals surface area (Å²) in [5.41, 5.74) is 1.89. The van der Waals surface area contributed by atoms with E-state index < -0.39 is 23.7 Å². The fourth-order valence-electron chi connectivity index (χ4n) is 3.01. The molecule has 0 aromatic heterocycles. The van der Waals surface area contributed by atoms with E-state index >= 15 is 0 Å². The van der Waals surface area contributed by atoms with Crippen molar-refractivity contribution in [1.29, 1.82) is 0 Å². The molecule has 2 N–H and O–H groups in total. The lowest BCUT2D eigenvalue weighted by Gasteiger charge is -2.24. The lowest BCUT2D eigenvalue weighted by molar-refractivity contribution is -0.118. The molecule has 0 bridgehead atoms. The van der Waals surface area contributed by atoms with Gasteiger partial charge < -0.3 is 10.1 Å². The number of hydrogen-bond donors (Lipinski definition) is 2. The summed E-state index contributed by atoms with van der Waals surface area (Å²) in [5, 5.41) is 6.09. The van der Waals surface area contributed by atoms with E-state index in [1.165, 1.54) is 6.07 Å². The minimum absolute atomic E-state index is 0.279. The van der Waals surface area contributed by atoms with Gasteiger partial charge in [0.05, 0.1) is 7.11 Å². The largest absolute Gasteiger partial charge is 0.497 e. The molecule has 4 nitrogen and oxygen atoms in total. The third kappa shape index (κ3) is 5.18. The molecule has 0 aliphatic heterocycles. The van der Waals surface area contributed by atoms with Crippen LogP contribution >= 0.6 is 0 Å². The number of benzene rings is 3. The summed E-state index contributed by atoms with van der Waals surface area (Å²) in [4.78, 5) is 13.1. The molecule has 3 aromatic rings. The van der Waals surface area contributed by atoms with Crippen LogP contribution in [-0.2, 0) is 4.79 Å². The van der Waals surface area contributed by atoms with Gasteiger partial charge in [0.2, 0.25) is 5.91 Å². The maximum Gasteiger partial charge on any atom is 0.246 e. The van der Waals surface area contributed by atoms with Gasteiger partial charge in [0, 0.05) is 17.8 Å². The highest BCUT2D eigenvalue weighted by molar-refractivity contribution is 5.95. The van der Waals surface area contributed by atoms with Crippen LogP contribution in [0.25, 0.3) is 0 Å². The Hall–Kier alpha value is -3.25. The molecular formula is C23H22F2N2O2. The van der Waals surface area contributed by atoms with Crippen molar-refractivity contribution in [1.82, 2.24) is 5.32 Å². The highest BCUT2D eigenvalue weighted by atomic mass is 19.2. The second-order valence-corrected chi connectivity index (χ2v) is 6.63. The summed E-state index contributed by atoms with van der Waals surface area (Å²) in [6.07, 6.45) is 0. The molecule has 2 unspecified atom stereocenters. The first kappa shape index (κ1) is 20.5. The van der Waals surface area contributed by atoms with Crippen LogP contribution < -0.4 is 15.4 Å². The van der Waals surface area contributed by atoms with E-state index in [0.717, 1.165) is 17.7 Å². The molecule has 0 spiro atoms. The Morgan fingerprint density at radius 2 is 1.66 bits per heavy atom. The molecule has 150 valence electrons. The van der Waals surface area contributed by atoms with Crippen molar-refractivity contribution >= 4 is 11.6 Å². The Balaban J connectivity index is 1.84. The molecule has 3 rings (SSSR count). The Morgan fingerprint density at radius 3 is 2.34 bits per heavy atom. The Labute approximate surface area is 168 Å². The smallest absolute Gasteiger partial charge is 0.246 e. The van der Waals surface area contributed by atoms with Crippen molar-refractivity contribution in [2.24, 2.45) is 0 Å². The SMILES string of the molecule is COc1cccc(NC(=O)C(NC(C)c2ccc(F)c(F)c2)c2ccccc2)c1. The van der Waals surface area contributed by atoms with E-state index in [-0.39, 0.29) is 5.91 Å². The van der Waals surface area contributed by atoms with Crippen molar-refractivity contribution in [2.75, 3.05) is 12.4 Å². The summed E-state index contributed by atoms with van der Waals surface area (Å²) in [5.74, 6) is -1.48. The summed E-state index contributed by atoms with van der Waals surface area (Å²) in [6.45, 7) is 1.79. The second-order valence-electron chi connectivity index (χ2n) is 6.63. The quantitative estimate of drug-likeness (QED) is 0.591. The molecule has 0 radical (unpaired) electrons. The second kappa shape index (κ2) is 9.30. The zero-order valence-electron chi connectivity index (χ0n) is 16.2. The highest BCUT2D eigenvalue weighted by Crippen LogP contribution is 2.24. The first-order chi connectivity index (χ1) is 14.0. The Bertz CT molecular complexity index is 980. The highest BCUT2D eigenvalue weighted by Gasteiger charge is 2.23. The monoisotopic (exact) mass is 396 g/mol. The van der Waals surface area contributed by atoms with Crippen LogP contribution in [-0.4, -0.2) is 13.0 Å². The lowest BCUT2D eigenvalue weighted by Crippen LogP contribution is -2.34. The van der Waals surface area contributed by atoms with Gasteiger partial charge in [0.15, 0.2) is 11.6 Å². The zero-order valence-corrected chi connectivity index (χ0v) is 16.2. The summed E-state index contributed by atoms with van der Waals surface area (Å²) in [7, 11) is 1.55. The third-order valence-electron chi connectivity index (χ3n) is 4.59. The number of anilines is 1. The van der Waals surface area contributed by atoms with Crippen LogP contribution in [0.2, 0.25) is 0 Å². The van der Waals surface area contributed by atoms with E-state index in [1.807, 2.05) is 30.3 Å². The number of amides is 1. The van der Waals surface area contributed by atoms with Crippen LogP contribution in [0.5, 0.6) is 5.75 Å². The molecule has 0 saturated heterocycles. The van der Waals surface area contributed by atoms with Gasteiger partial charge in [-0.15, -0.1) is 0 Å². The number of hydrogen-bond acceptors (Lipinski definition) is 3. The van der Waals surface area contributed by atoms with Crippen LogP contribution in [0.1, 0.15) is 30.1 Å². The molecule has 1 amide bonds. The molecule has 0 aliphatic rings. The van der Waals surface area contributed by atoms with E-state index in [9.17, 15) is 13.6 Å². The summed E-state index contributed by atoms with van der Waals surface area (Å²) in [6, 6.07) is 18.9. The van der Waals surface area contributed by atoms with Gasteiger partial charge >= 0.3 is 0 Å². The average Bonchev–Trinajstić information content (AvgIpc) is 2.74. The number of halogens is 2. The van der Waals surface area contributed by atoms with Gasteiger partial charge in [-0.1, -0.05) is 42.5 Å². The van der Waals surface area contributed by atoms with E-state index in [4.69, 9.17) is 4.74 Å². The fraction of sp³-hybridized carbons (Fsp3) is 0.174. The first-order valence-corrected chi connectivity index (χ1v) is 9.19. The lowest BCUT2D eigenvalue weighted by atomic mass is 10.0. The Morgan fingerprint density at radius 1 is 0.897 bits per heavy atom. The van der Waals surface area contributed by atoms with Gasteiger partial charge in [-0.05, 0) is 42.3 Å². The van der Waals surface area contributed by atoms with Gasteiger partial charge in [0.25, 0.3) is 0 Å². The molecule has 2 atom stereocenters. The maximum absolute atomic E-state index is 13.6. The number of rotatable bonds is 7. The van der Waals surface area contributed by atoms with Crippen LogP contribution in [0.15, 0.2) is 72.8 Å². The molecule has 3 aromatic carbocycles. The van der Waals surface area contributed by atoms with Crippen LogP contribution in [0, 0.1) is 11.6 Å². The number of carbonyl (C=O) groups is 1. The van der Waals surface area contributed by atoms with Gasteiger partial charge in [-0.2, -0.15) is 0 Å². The van der Waals surface area contributed by atoms with Crippen molar-refractivity contribution in [3.63, 3.8) is 0 Å². The van der Waals surface area contributed by atoms with Crippen molar-refractivity contribution in [3.8, 4) is 5.75 Å². The minimum atomic E-state index is -0.923. The van der Waals surface area contributed by atoms with E-state index in [2.05, 4.69) is 10.6 Å². The van der Waals surface area contributed by atoms with Gasteiger partial charge in [0.1, 0.15) is 11.8 Å². The summed E-state index contributed by atoms with van der Waals surface area (Å²) < 4.78 is 32.1. The van der Waals surface area contributed by atoms with Crippen molar-refractivity contribution in [3.05, 3.63) is 95.6 Å². The number of nitrogens with one attached hydrogen (secondary N) is 2. The van der Waals surface area contributed by atoms with Crippen LogP contribution in [0.3, 0.4) is 0 Å². The fourth-order valence-corrected chi connectivity index (χ4v) is 3.01.